The van der Waals surface area contributed by atoms with E-state index in [1.165, 1.54) is 0 Å². The fourth-order valence-corrected chi connectivity index (χ4v) is 1.45. The van der Waals surface area contributed by atoms with Crippen molar-refractivity contribution in [1.82, 2.24) is 9.97 Å². The molecule has 5 nitrogen and oxygen atoms in total. The first-order valence-electron chi connectivity index (χ1n) is 5.23. The van der Waals surface area contributed by atoms with Crippen LogP contribution in [0.3, 0.4) is 0 Å². The number of benzene rings is 1. The zero-order valence-corrected chi connectivity index (χ0v) is 9.55. The number of methoxy groups -OCH3 is 1. The minimum absolute atomic E-state index is 0.546. The number of nitrogens with zero attached hydrogens (tertiary/aromatic N) is 2. The van der Waals surface area contributed by atoms with Crippen LogP contribution in [0.15, 0.2) is 36.7 Å². The minimum atomic E-state index is 0.546. The van der Waals surface area contributed by atoms with Gasteiger partial charge < -0.3 is 15.8 Å². The van der Waals surface area contributed by atoms with Gasteiger partial charge in [0.15, 0.2) is 0 Å². The van der Waals surface area contributed by atoms with Crippen molar-refractivity contribution in [3.05, 3.63) is 42.2 Å². The quantitative estimate of drug-likeness (QED) is 0.836. The summed E-state index contributed by atoms with van der Waals surface area (Å²) in [5, 5.41) is 3.11. The van der Waals surface area contributed by atoms with Crippen LogP contribution in [0.4, 0.5) is 11.6 Å². The number of ether oxygens (including phenoxy) is 1. The molecule has 1 aromatic carbocycles. The molecule has 0 spiro atoms. The lowest BCUT2D eigenvalue weighted by atomic mass is 10.2. The van der Waals surface area contributed by atoms with Gasteiger partial charge in [0, 0.05) is 12.1 Å². The van der Waals surface area contributed by atoms with Gasteiger partial charge in [-0.25, -0.2) is 9.97 Å². The van der Waals surface area contributed by atoms with E-state index in [0.717, 1.165) is 11.3 Å². The number of rotatable bonds is 4. The monoisotopic (exact) mass is 230 g/mol. The summed E-state index contributed by atoms with van der Waals surface area (Å²) in [6.07, 6.45) is 3.13. The number of anilines is 2. The second-order valence-corrected chi connectivity index (χ2v) is 3.51. The third kappa shape index (κ3) is 2.84. The molecule has 5 heteroatoms. The topological polar surface area (TPSA) is 73.1 Å². The Bertz CT molecular complexity index is 484. The van der Waals surface area contributed by atoms with Crippen molar-refractivity contribution >= 4 is 11.6 Å². The second kappa shape index (κ2) is 5.16. The molecule has 0 amide bonds. The Hall–Kier alpha value is -2.30. The van der Waals surface area contributed by atoms with E-state index in [1.54, 1.807) is 19.5 Å². The first-order valence-corrected chi connectivity index (χ1v) is 5.23. The van der Waals surface area contributed by atoms with Crippen molar-refractivity contribution in [3.63, 3.8) is 0 Å². The number of nitrogen functional groups attached to an aromatic ring is 1. The number of hydrogen-bond acceptors (Lipinski definition) is 5. The Labute approximate surface area is 99.7 Å². The van der Waals surface area contributed by atoms with Gasteiger partial charge in [0.25, 0.3) is 0 Å². The summed E-state index contributed by atoms with van der Waals surface area (Å²) in [5.74, 6) is 1.39. The summed E-state index contributed by atoms with van der Waals surface area (Å²) in [7, 11) is 1.65. The lowest BCUT2D eigenvalue weighted by Crippen LogP contribution is -2.05. The van der Waals surface area contributed by atoms with Gasteiger partial charge >= 0.3 is 0 Å². The van der Waals surface area contributed by atoms with E-state index in [0.29, 0.717) is 18.2 Å². The van der Waals surface area contributed by atoms with E-state index < -0.39 is 0 Å². The predicted octanol–water partition coefficient (Wildman–Crippen LogP) is 1.68. The highest BCUT2D eigenvalue weighted by Crippen LogP contribution is 2.17. The molecule has 0 bridgehead atoms. The molecule has 2 rings (SSSR count). The van der Waals surface area contributed by atoms with Gasteiger partial charge in [0.1, 0.15) is 5.75 Å². The molecule has 2 aromatic rings. The summed E-state index contributed by atoms with van der Waals surface area (Å²) >= 11 is 0. The highest BCUT2D eigenvalue weighted by Gasteiger charge is 2.02. The van der Waals surface area contributed by atoms with E-state index in [4.69, 9.17) is 10.5 Å². The van der Waals surface area contributed by atoms with Crippen LogP contribution in [0.2, 0.25) is 0 Å². The zero-order chi connectivity index (χ0) is 12.1. The average Bonchev–Trinajstić information content (AvgIpc) is 2.38. The Morgan fingerprint density at radius 3 is 2.65 bits per heavy atom. The molecule has 1 heterocycles. The molecule has 1 aromatic heterocycles. The number of aromatic nitrogens is 2. The number of nitrogens with one attached hydrogen (secondary N) is 1. The third-order valence-electron chi connectivity index (χ3n) is 2.30. The maximum Gasteiger partial charge on any atom is 0.222 e. The molecule has 0 aliphatic heterocycles. The Morgan fingerprint density at radius 2 is 1.94 bits per heavy atom. The second-order valence-electron chi connectivity index (χ2n) is 3.51. The molecule has 0 saturated heterocycles. The third-order valence-corrected chi connectivity index (χ3v) is 2.30. The average molecular weight is 230 g/mol. The van der Waals surface area contributed by atoms with Crippen molar-refractivity contribution in [3.8, 4) is 5.75 Å². The molecule has 0 unspecified atom stereocenters. The van der Waals surface area contributed by atoms with Crippen molar-refractivity contribution < 1.29 is 4.74 Å². The molecule has 0 aliphatic rings. The van der Waals surface area contributed by atoms with Crippen molar-refractivity contribution in [2.75, 3.05) is 18.2 Å². The van der Waals surface area contributed by atoms with Crippen LogP contribution in [0.25, 0.3) is 0 Å². The summed E-state index contributed by atoms with van der Waals surface area (Å²) in [4.78, 5) is 8.12. The molecule has 0 atom stereocenters. The van der Waals surface area contributed by atoms with Gasteiger partial charge in [0.2, 0.25) is 5.95 Å². The van der Waals surface area contributed by atoms with E-state index in [-0.39, 0.29) is 0 Å². The first-order chi connectivity index (χ1) is 8.29. The maximum absolute atomic E-state index is 5.51. The fourth-order valence-electron chi connectivity index (χ4n) is 1.45. The molecular formula is C12H14N4O. The van der Waals surface area contributed by atoms with Gasteiger partial charge in [-0.1, -0.05) is 18.2 Å². The van der Waals surface area contributed by atoms with Crippen molar-refractivity contribution in [1.29, 1.82) is 0 Å². The molecule has 17 heavy (non-hydrogen) atoms. The SMILES string of the molecule is COc1ccccc1CNc1ncc(N)cn1. The molecule has 0 aliphatic carbocycles. The lowest BCUT2D eigenvalue weighted by Gasteiger charge is -2.09. The van der Waals surface area contributed by atoms with Gasteiger partial charge in [-0.3, -0.25) is 0 Å². The minimum Gasteiger partial charge on any atom is -0.496 e. The summed E-state index contributed by atoms with van der Waals surface area (Å²) in [6, 6.07) is 7.80. The number of hydrogen-bond donors (Lipinski definition) is 2. The molecule has 88 valence electrons. The lowest BCUT2D eigenvalue weighted by molar-refractivity contribution is 0.410. The van der Waals surface area contributed by atoms with Crippen LogP contribution >= 0.6 is 0 Å². The van der Waals surface area contributed by atoms with Crippen LogP contribution in [-0.4, -0.2) is 17.1 Å². The normalized spacial score (nSPS) is 9.94. The number of nitrogens with two attached hydrogens (primary N) is 1. The van der Waals surface area contributed by atoms with E-state index in [9.17, 15) is 0 Å². The Balaban J connectivity index is 2.04. The maximum atomic E-state index is 5.51. The standard InChI is InChI=1S/C12H14N4O/c1-17-11-5-3-2-4-9(11)6-14-12-15-7-10(13)8-16-12/h2-5,7-8H,6,13H2,1H3,(H,14,15,16). The van der Waals surface area contributed by atoms with Gasteiger partial charge in [-0.15, -0.1) is 0 Å². The van der Waals surface area contributed by atoms with Gasteiger partial charge in [0.05, 0.1) is 25.2 Å². The number of para-hydroxylation sites is 1. The van der Waals surface area contributed by atoms with Crippen LogP contribution in [0.5, 0.6) is 5.75 Å². The fraction of sp³-hybridized carbons (Fsp3) is 0.167. The summed E-state index contributed by atoms with van der Waals surface area (Å²) in [6.45, 7) is 0.605. The van der Waals surface area contributed by atoms with Crippen LogP contribution in [0.1, 0.15) is 5.56 Å². The first kappa shape index (κ1) is 11.2. The van der Waals surface area contributed by atoms with Crippen LogP contribution in [-0.2, 0) is 6.54 Å². The molecule has 0 saturated carbocycles. The molecule has 0 radical (unpaired) electrons. The highest BCUT2D eigenvalue weighted by molar-refractivity contribution is 5.39. The van der Waals surface area contributed by atoms with E-state index in [1.807, 2.05) is 24.3 Å². The van der Waals surface area contributed by atoms with Crippen molar-refractivity contribution in [2.24, 2.45) is 0 Å². The van der Waals surface area contributed by atoms with Gasteiger partial charge in [-0.05, 0) is 6.07 Å². The zero-order valence-electron chi connectivity index (χ0n) is 9.55. The van der Waals surface area contributed by atoms with Crippen molar-refractivity contribution in [2.45, 2.75) is 6.54 Å². The van der Waals surface area contributed by atoms with Crippen LogP contribution in [0, 0.1) is 0 Å². The van der Waals surface area contributed by atoms with Gasteiger partial charge in [-0.2, -0.15) is 0 Å². The summed E-state index contributed by atoms with van der Waals surface area (Å²) < 4.78 is 5.25. The molecule has 3 N–H and O–H groups in total. The Kier molecular flexibility index (Phi) is 3.40. The molecular weight excluding hydrogens is 216 g/mol. The molecule has 0 fully saturated rings. The Morgan fingerprint density at radius 1 is 1.24 bits per heavy atom. The van der Waals surface area contributed by atoms with E-state index in [2.05, 4.69) is 15.3 Å². The van der Waals surface area contributed by atoms with Crippen LogP contribution < -0.4 is 15.8 Å². The largest absolute Gasteiger partial charge is 0.496 e. The smallest absolute Gasteiger partial charge is 0.222 e. The summed E-state index contributed by atoms with van der Waals surface area (Å²) in [5.41, 5.74) is 7.11. The highest BCUT2D eigenvalue weighted by atomic mass is 16.5. The van der Waals surface area contributed by atoms with E-state index >= 15 is 0 Å². The predicted molar refractivity (Wildman–Crippen MR) is 66.8 cm³/mol.